The van der Waals surface area contributed by atoms with Crippen LogP contribution in [0.1, 0.15) is 30.5 Å². The summed E-state index contributed by atoms with van der Waals surface area (Å²) < 4.78 is 8.30. The smallest absolute Gasteiger partial charge is 0.212 e. The zero-order chi connectivity index (χ0) is 19.1. The predicted molar refractivity (Wildman–Crippen MR) is 108 cm³/mol. The predicted octanol–water partition coefficient (Wildman–Crippen LogP) is 5.46. The molecule has 134 valence electrons. The van der Waals surface area contributed by atoms with Gasteiger partial charge in [-0.25, -0.2) is 4.57 Å². The lowest BCUT2D eigenvalue weighted by Gasteiger charge is -2.08. The van der Waals surface area contributed by atoms with Crippen LogP contribution in [-0.2, 0) is 13.5 Å². The summed E-state index contributed by atoms with van der Waals surface area (Å²) in [5, 5.41) is 11.7. The lowest BCUT2D eigenvalue weighted by atomic mass is 9.94. The summed E-state index contributed by atoms with van der Waals surface area (Å²) in [7, 11) is 2.06. The molecule has 0 radical (unpaired) electrons. The van der Waals surface area contributed by atoms with Gasteiger partial charge >= 0.3 is 0 Å². The summed E-state index contributed by atoms with van der Waals surface area (Å²) in [6.07, 6.45) is 3.02. The molecule has 0 N–H and O–H groups in total. The average molecular weight is 355 g/mol. The lowest BCUT2D eigenvalue weighted by molar-refractivity contribution is -0.660. The van der Waals surface area contributed by atoms with Crippen LogP contribution in [0, 0.1) is 24.2 Å². The van der Waals surface area contributed by atoms with Gasteiger partial charge in [-0.2, -0.15) is 5.26 Å². The Kier molecular flexibility index (Phi) is 4.20. The van der Waals surface area contributed by atoms with E-state index in [1.807, 2.05) is 12.1 Å². The summed E-state index contributed by atoms with van der Waals surface area (Å²) in [6, 6.07) is 16.8. The van der Waals surface area contributed by atoms with E-state index in [0.717, 1.165) is 34.0 Å². The van der Waals surface area contributed by atoms with E-state index >= 15 is 0 Å². The number of aromatic nitrogens is 1. The quantitative estimate of drug-likeness (QED) is 0.458. The highest BCUT2D eigenvalue weighted by molar-refractivity contribution is 6.09. The average Bonchev–Trinajstić information content (AvgIpc) is 3.00. The van der Waals surface area contributed by atoms with Gasteiger partial charge in [0.1, 0.15) is 18.7 Å². The first kappa shape index (κ1) is 17.3. The molecule has 0 aliphatic carbocycles. The van der Waals surface area contributed by atoms with Crippen molar-refractivity contribution in [3.63, 3.8) is 0 Å². The topological polar surface area (TPSA) is 40.8 Å². The first-order valence-electron chi connectivity index (χ1n) is 9.33. The molecule has 0 saturated carbocycles. The Morgan fingerprint density at radius 1 is 1.15 bits per heavy atom. The van der Waals surface area contributed by atoms with E-state index in [2.05, 4.69) is 75.0 Å². The maximum Gasteiger partial charge on any atom is 0.212 e. The Labute approximate surface area is 159 Å². The van der Waals surface area contributed by atoms with E-state index in [1.165, 1.54) is 11.1 Å². The Hall–Kier alpha value is -3.12. The third-order valence-electron chi connectivity index (χ3n) is 5.13. The molecule has 3 nitrogen and oxygen atoms in total. The molecule has 27 heavy (non-hydrogen) atoms. The molecule has 4 aromatic rings. The summed E-state index contributed by atoms with van der Waals surface area (Å²) >= 11 is 0. The third kappa shape index (κ3) is 2.88. The summed E-state index contributed by atoms with van der Waals surface area (Å²) in [5.74, 6) is 0.530. The summed E-state index contributed by atoms with van der Waals surface area (Å²) in [5.41, 5.74) is 6.90. The number of nitriles is 1. The van der Waals surface area contributed by atoms with Crippen molar-refractivity contribution in [3.05, 3.63) is 65.4 Å². The van der Waals surface area contributed by atoms with Gasteiger partial charge in [-0.3, -0.25) is 0 Å². The molecule has 2 heterocycles. The van der Waals surface area contributed by atoms with Crippen LogP contribution in [0.5, 0.6) is 0 Å². The second kappa shape index (κ2) is 6.55. The van der Waals surface area contributed by atoms with E-state index in [9.17, 15) is 5.26 Å². The van der Waals surface area contributed by atoms with Crippen molar-refractivity contribution >= 4 is 21.9 Å². The van der Waals surface area contributed by atoms with Crippen molar-refractivity contribution in [2.75, 3.05) is 0 Å². The minimum atomic E-state index is 0.530. The summed E-state index contributed by atoms with van der Waals surface area (Å²) in [4.78, 5) is 0. The van der Waals surface area contributed by atoms with E-state index in [0.29, 0.717) is 17.1 Å². The summed E-state index contributed by atoms with van der Waals surface area (Å²) in [6.45, 7) is 6.53. The van der Waals surface area contributed by atoms with Gasteiger partial charge in [0.2, 0.25) is 5.69 Å². The number of hydrogen-bond donors (Lipinski definition) is 0. The van der Waals surface area contributed by atoms with Crippen molar-refractivity contribution in [3.8, 4) is 17.3 Å². The highest BCUT2D eigenvalue weighted by Crippen LogP contribution is 2.37. The van der Waals surface area contributed by atoms with E-state index in [1.54, 1.807) is 0 Å². The molecule has 0 atom stereocenters. The molecule has 2 aromatic carbocycles. The van der Waals surface area contributed by atoms with E-state index in [-0.39, 0.29) is 0 Å². The molecule has 0 aliphatic rings. The molecule has 0 fully saturated rings. The molecule has 0 amide bonds. The Morgan fingerprint density at radius 3 is 2.67 bits per heavy atom. The van der Waals surface area contributed by atoms with Crippen molar-refractivity contribution < 1.29 is 8.98 Å². The second-order valence-corrected chi connectivity index (χ2v) is 7.65. The third-order valence-corrected chi connectivity index (χ3v) is 5.13. The number of nitrogens with zero attached hydrogens (tertiary/aromatic N) is 2. The number of pyridine rings is 1. The molecule has 0 saturated heterocycles. The zero-order valence-electron chi connectivity index (χ0n) is 16.2. The van der Waals surface area contributed by atoms with Crippen molar-refractivity contribution in [1.82, 2.24) is 0 Å². The van der Waals surface area contributed by atoms with Gasteiger partial charge in [-0.05, 0) is 54.7 Å². The van der Waals surface area contributed by atoms with Crippen LogP contribution in [0.4, 0.5) is 0 Å². The van der Waals surface area contributed by atoms with Crippen LogP contribution in [0.2, 0.25) is 0 Å². The van der Waals surface area contributed by atoms with Crippen molar-refractivity contribution in [2.24, 2.45) is 13.0 Å². The fraction of sp³-hybridized carbons (Fsp3) is 0.250. The van der Waals surface area contributed by atoms with Crippen LogP contribution in [0.3, 0.4) is 0 Å². The van der Waals surface area contributed by atoms with Crippen molar-refractivity contribution in [1.29, 1.82) is 5.26 Å². The molecular formula is C24H23N2O+. The standard InChI is InChI=1S/C24H23N2O/c1-15(2)11-17-8-9-18(14-25)24-23(17)20-13-19(16(3)12-22(20)27-24)21-7-5-6-10-26(21)4/h5-10,12-13,15H,11H2,1-4H3/q+1. The van der Waals surface area contributed by atoms with Gasteiger partial charge in [0.25, 0.3) is 0 Å². The monoisotopic (exact) mass is 355 g/mol. The molecule has 0 aliphatic heterocycles. The largest absolute Gasteiger partial charge is 0.455 e. The van der Waals surface area contributed by atoms with Gasteiger partial charge in [-0.1, -0.05) is 19.9 Å². The molecule has 0 bridgehead atoms. The van der Waals surface area contributed by atoms with Crippen LogP contribution >= 0.6 is 0 Å². The van der Waals surface area contributed by atoms with Crippen LogP contribution < -0.4 is 4.57 Å². The number of benzene rings is 2. The maximum absolute atomic E-state index is 9.54. The van der Waals surface area contributed by atoms with Crippen molar-refractivity contribution in [2.45, 2.75) is 27.2 Å². The Morgan fingerprint density at radius 2 is 1.96 bits per heavy atom. The first-order chi connectivity index (χ1) is 13.0. The molecule has 0 unspecified atom stereocenters. The fourth-order valence-electron chi connectivity index (χ4n) is 3.87. The minimum absolute atomic E-state index is 0.530. The molecular weight excluding hydrogens is 332 g/mol. The van der Waals surface area contributed by atoms with Gasteiger partial charge in [0.15, 0.2) is 11.8 Å². The number of rotatable bonds is 3. The normalized spacial score (nSPS) is 11.4. The van der Waals surface area contributed by atoms with Crippen LogP contribution in [0.25, 0.3) is 33.2 Å². The first-order valence-corrected chi connectivity index (χ1v) is 9.33. The lowest BCUT2D eigenvalue weighted by Crippen LogP contribution is -2.30. The van der Waals surface area contributed by atoms with Gasteiger partial charge in [-0.15, -0.1) is 0 Å². The van der Waals surface area contributed by atoms with Crippen LogP contribution in [-0.4, -0.2) is 0 Å². The number of hydrogen-bond acceptors (Lipinski definition) is 2. The van der Waals surface area contributed by atoms with Crippen LogP contribution in [0.15, 0.2) is 53.1 Å². The number of aryl methyl sites for hydroxylation is 2. The molecule has 2 aromatic heterocycles. The number of fused-ring (bicyclic) bond motifs is 3. The van der Waals surface area contributed by atoms with E-state index in [4.69, 9.17) is 4.42 Å². The zero-order valence-corrected chi connectivity index (χ0v) is 16.2. The fourth-order valence-corrected chi connectivity index (χ4v) is 3.87. The Balaban J connectivity index is 2.09. The highest BCUT2D eigenvalue weighted by atomic mass is 16.3. The molecule has 3 heteroatoms. The van der Waals surface area contributed by atoms with E-state index < -0.39 is 0 Å². The maximum atomic E-state index is 9.54. The molecule has 0 spiro atoms. The number of furan rings is 1. The molecule has 4 rings (SSSR count). The second-order valence-electron chi connectivity index (χ2n) is 7.65. The van der Waals surface area contributed by atoms with Gasteiger partial charge < -0.3 is 4.42 Å². The Bertz CT molecular complexity index is 1210. The van der Waals surface area contributed by atoms with Gasteiger partial charge in [0.05, 0.1) is 5.56 Å². The van der Waals surface area contributed by atoms with Gasteiger partial charge in [0, 0.05) is 28.5 Å². The minimum Gasteiger partial charge on any atom is -0.455 e. The highest BCUT2D eigenvalue weighted by Gasteiger charge is 2.19. The SMILES string of the molecule is Cc1cc2oc3c(C#N)ccc(CC(C)C)c3c2cc1-c1cccc[n+]1C.